The fourth-order valence-corrected chi connectivity index (χ4v) is 2.24. The van der Waals surface area contributed by atoms with Gasteiger partial charge in [-0.2, -0.15) is 0 Å². The van der Waals surface area contributed by atoms with Crippen LogP contribution in [0.5, 0.6) is 0 Å². The molecule has 0 saturated heterocycles. The van der Waals surface area contributed by atoms with Crippen molar-refractivity contribution in [2.24, 2.45) is 0 Å². The average molecular weight is 312 g/mol. The molecule has 21 heavy (non-hydrogen) atoms. The minimum atomic E-state index is -1.11. The number of ether oxygens (including phenoxy) is 1. The second-order valence-corrected chi connectivity index (χ2v) is 5.05. The van der Waals surface area contributed by atoms with Crippen molar-refractivity contribution >= 4 is 29.6 Å². The Labute approximate surface area is 126 Å². The van der Waals surface area contributed by atoms with Crippen molar-refractivity contribution in [2.45, 2.75) is 24.9 Å². The van der Waals surface area contributed by atoms with Crippen LogP contribution < -0.4 is 5.32 Å². The highest BCUT2D eigenvalue weighted by Crippen LogP contribution is 2.17. The van der Waals surface area contributed by atoms with Crippen LogP contribution in [0, 0.1) is 0 Å². The Morgan fingerprint density at radius 1 is 1.43 bits per heavy atom. The van der Waals surface area contributed by atoms with Gasteiger partial charge in [-0.15, -0.1) is 11.8 Å². The fraction of sp³-hybridized carbons (Fsp3) is 0.385. The number of nitrogens with zero attached hydrogens (tertiary/aromatic N) is 1. The number of nitrogens with one attached hydrogen (secondary N) is 1. The molecule has 0 aromatic carbocycles. The summed E-state index contributed by atoms with van der Waals surface area (Å²) >= 11 is 1.17. The lowest BCUT2D eigenvalue weighted by Crippen LogP contribution is -2.41. The van der Waals surface area contributed by atoms with Crippen molar-refractivity contribution in [1.82, 2.24) is 10.3 Å². The standard InChI is InChI=1S/C13H16N2O5S/c1-3-20-13(19)9-4-5-11(14-6-9)21-7-10(12(17)18)15-8(2)16/h4-6,10H,3,7H2,1-2H3,(H,15,16)(H,17,18). The number of aliphatic carboxylic acids is 1. The number of esters is 1. The van der Waals surface area contributed by atoms with Gasteiger partial charge >= 0.3 is 11.9 Å². The van der Waals surface area contributed by atoms with E-state index < -0.39 is 23.9 Å². The van der Waals surface area contributed by atoms with Crippen LogP contribution in [0.4, 0.5) is 0 Å². The number of rotatable bonds is 7. The second-order valence-electron chi connectivity index (χ2n) is 4.01. The number of carboxylic acids is 1. The number of carboxylic acid groups (broad SMARTS) is 1. The SMILES string of the molecule is CCOC(=O)c1ccc(SCC(NC(C)=O)C(=O)O)nc1. The summed E-state index contributed by atoms with van der Waals surface area (Å²) < 4.78 is 4.83. The molecule has 0 fully saturated rings. The Hall–Kier alpha value is -2.09. The van der Waals surface area contributed by atoms with Gasteiger partial charge in [0, 0.05) is 18.9 Å². The summed E-state index contributed by atoms with van der Waals surface area (Å²) in [6, 6.07) is 2.17. The van der Waals surface area contributed by atoms with Gasteiger partial charge in [-0.05, 0) is 19.1 Å². The molecule has 1 atom stereocenters. The van der Waals surface area contributed by atoms with Gasteiger partial charge in [-0.25, -0.2) is 14.6 Å². The predicted molar refractivity (Wildman–Crippen MR) is 76.2 cm³/mol. The molecule has 0 saturated carbocycles. The number of hydrogen-bond donors (Lipinski definition) is 2. The van der Waals surface area contributed by atoms with Crippen molar-refractivity contribution in [3.63, 3.8) is 0 Å². The van der Waals surface area contributed by atoms with E-state index in [1.165, 1.54) is 24.9 Å². The van der Waals surface area contributed by atoms with Gasteiger partial charge in [-0.3, -0.25) is 4.79 Å². The molecule has 1 heterocycles. The summed E-state index contributed by atoms with van der Waals surface area (Å²) in [5, 5.41) is 11.9. The molecule has 0 aliphatic rings. The van der Waals surface area contributed by atoms with Gasteiger partial charge < -0.3 is 15.2 Å². The first-order chi connectivity index (χ1) is 9.93. The molecule has 1 unspecified atom stereocenters. The number of carbonyl (C=O) groups is 3. The molecule has 7 nitrogen and oxygen atoms in total. The van der Waals surface area contributed by atoms with E-state index in [0.717, 1.165) is 0 Å². The van der Waals surface area contributed by atoms with Crippen molar-refractivity contribution in [2.75, 3.05) is 12.4 Å². The van der Waals surface area contributed by atoms with Gasteiger partial charge in [0.1, 0.15) is 6.04 Å². The number of amides is 1. The Morgan fingerprint density at radius 2 is 2.14 bits per heavy atom. The first-order valence-electron chi connectivity index (χ1n) is 6.20. The molecular formula is C13H16N2O5S. The molecule has 0 bridgehead atoms. The zero-order valence-corrected chi connectivity index (χ0v) is 12.5. The van der Waals surface area contributed by atoms with Crippen LogP contribution in [0.15, 0.2) is 23.4 Å². The molecule has 2 N–H and O–H groups in total. The Bertz CT molecular complexity index is 518. The van der Waals surface area contributed by atoms with E-state index in [4.69, 9.17) is 9.84 Å². The first kappa shape index (κ1) is 17.0. The van der Waals surface area contributed by atoms with Crippen LogP contribution in [-0.2, 0) is 14.3 Å². The van der Waals surface area contributed by atoms with E-state index in [1.54, 1.807) is 19.1 Å². The third kappa shape index (κ3) is 5.82. The maximum absolute atomic E-state index is 11.4. The number of aromatic nitrogens is 1. The third-order valence-electron chi connectivity index (χ3n) is 2.32. The normalized spacial score (nSPS) is 11.5. The maximum Gasteiger partial charge on any atom is 0.339 e. The molecule has 8 heteroatoms. The Kier molecular flexibility index (Phi) is 6.67. The summed E-state index contributed by atoms with van der Waals surface area (Å²) in [6.45, 7) is 3.25. The molecule has 0 aliphatic heterocycles. The zero-order chi connectivity index (χ0) is 15.8. The number of pyridine rings is 1. The van der Waals surface area contributed by atoms with Crippen molar-refractivity contribution in [3.8, 4) is 0 Å². The fourth-order valence-electron chi connectivity index (χ4n) is 1.39. The van der Waals surface area contributed by atoms with E-state index >= 15 is 0 Å². The Morgan fingerprint density at radius 3 is 2.62 bits per heavy atom. The minimum absolute atomic E-state index is 0.140. The molecule has 0 spiro atoms. The molecule has 0 aliphatic carbocycles. The van der Waals surface area contributed by atoms with E-state index in [9.17, 15) is 14.4 Å². The van der Waals surface area contributed by atoms with E-state index in [1.807, 2.05) is 0 Å². The highest BCUT2D eigenvalue weighted by molar-refractivity contribution is 7.99. The molecule has 1 aromatic heterocycles. The van der Waals surface area contributed by atoms with Gasteiger partial charge in [0.15, 0.2) is 0 Å². The van der Waals surface area contributed by atoms with Crippen LogP contribution in [0.2, 0.25) is 0 Å². The number of carbonyl (C=O) groups excluding carboxylic acids is 2. The predicted octanol–water partition coefficient (Wildman–Crippen LogP) is 0.940. The molecule has 1 rings (SSSR count). The minimum Gasteiger partial charge on any atom is -0.480 e. The molecule has 114 valence electrons. The van der Waals surface area contributed by atoms with Crippen LogP contribution in [-0.4, -0.2) is 46.3 Å². The smallest absolute Gasteiger partial charge is 0.339 e. The third-order valence-corrected chi connectivity index (χ3v) is 3.36. The summed E-state index contributed by atoms with van der Waals surface area (Å²) in [6.07, 6.45) is 1.37. The maximum atomic E-state index is 11.4. The van der Waals surface area contributed by atoms with Gasteiger partial charge in [0.25, 0.3) is 0 Å². The van der Waals surface area contributed by atoms with Crippen molar-refractivity contribution in [3.05, 3.63) is 23.9 Å². The molecule has 1 aromatic rings. The van der Waals surface area contributed by atoms with Crippen LogP contribution >= 0.6 is 11.8 Å². The summed E-state index contributed by atoms with van der Waals surface area (Å²) in [5.74, 6) is -1.83. The zero-order valence-electron chi connectivity index (χ0n) is 11.7. The lowest BCUT2D eigenvalue weighted by Gasteiger charge is -2.12. The van der Waals surface area contributed by atoms with Crippen LogP contribution in [0.1, 0.15) is 24.2 Å². The lowest BCUT2D eigenvalue weighted by molar-refractivity contribution is -0.140. The van der Waals surface area contributed by atoms with E-state index in [-0.39, 0.29) is 12.4 Å². The highest BCUT2D eigenvalue weighted by atomic mass is 32.2. The largest absolute Gasteiger partial charge is 0.480 e. The average Bonchev–Trinajstić information content (AvgIpc) is 2.43. The monoisotopic (exact) mass is 312 g/mol. The quantitative estimate of drug-likeness (QED) is 0.570. The van der Waals surface area contributed by atoms with E-state index in [0.29, 0.717) is 10.6 Å². The van der Waals surface area contributed by atoms with Crippen LogP contribution in [0.25, 0.3) is 0 Å². The number of thioether (sulfide) groups is 1. The van der Waals surface area contributed by atoms with Crippen LogP contribution in [0.3, 0.4) is 0 Å². The Balaban J connectivity index is 2.60. The van der Waals surface area contributed by atoms with Gasteiger partial charge in [0.05, 0.1) is 17.2 Å². The summed E-state index contributed by atoms with van der Waals surface area (Å²) in [5.41, 5.74) is 0.331. The van der Waals surface area contributed by atoms with E-state index in [2.05, 4.69) is 10.3 Å². The summed E-state index contributed by atoms with van der Waals surface area (Å²) in [4.78, 5) is 37.3. The molecule has 1 amide bonds. The van der Waals surface area contributed by atoms with Gasteiger partial charge in [0.2, 0.25) is 5.91 Å². The topological polar surface area (TPSA) is 106 Å². The second kappa shape index (κ2) is 8.25. The molecular weight excluding hydrogens is 296 g/mol. The number of hydrogen-bond acceptors (Lipinski definition) is 6. The first-order valence-corrected chi connectivity index (χ1v) is 7.18. The van der Waals surface area contributed by atoms with Crippen molar-refractivity contribution < 1.29 is 24.2 Å². The lowest BCUT2D eigenvalue weighted by atomic mass is 10.3. The highest BCUT2D eigenvalue weighted by Gasteiger charge is 2.18. The molecule has 0 radical (unpaired) electrons. The summed E-state index contributed by atoms with van der Waals surface area (Å²) in [7, 11) is 0. The van der Waals surface area contributed by atoms with Crippen molar-refractivity contribution in [1.29, 1.82) is 0 Å². The van der Waals surface area contributed by atoms with Gasteiger partial charge in [-0.1, -0.05) is 0 Å².